The normalized spacial score (nSPS) is 9.60. The maximum absolute atomic E-state index is 5.43. The predicted octanol–water partition coefficient (Wildman–Crippen LogP) is -0.773. The molecular formula is C6H8BN3. The first-order chi connectivity index (χ1) is 4.61. The first kappa shape index (κ1) is 6.80. The maximum Gasteiger partial charge on any atom is 0.116 e. The molecule has 1 rings (SSSR count). The van der Waals surface area contributed by atoms with Crippen LogP contribution >= 0.6 is 0 Å². The number of nitrogens with two attached hydrogens (primary N) is 3. The van der Waals surface area contributed by atoms with Gasteiger partial charge in [-0.1, -0.05) is 5.46 Å². The average Bonchev–Trinajstić information content (AvgIpc) is 1.84. The van der Waals surface area contributed by atoms with Crippen LogP contribution in [-0.2, 0) is 0 Å². The largest absolute Gasteiger partial charge is 0.399 e. The van der Waals surface area contributed by atoms with Gasteiger partial charge in [0.1, 0.15) is 7.85 Å². The highest BCUT2D eigenvalue weighted by atomic mass is 14.7. The fourth-order valence-corrected chi connectivity index (χ4v) is 0.668. The smallest absolute Gasteiger partial charge is 0.116 e. The third kappa shape index (κ3) is 1.00. The molecule has 0 spiro atoms. The van der Waals surface area contributed by atoms with E-state index in [4.69, 9.17) is 25.0 Å². The molecule has 0 unspecified atom stereocenters. The number of nitrogen functional groups attached to an aromatic ring is 3. The fraction of sp³-hybridized carbons (Fsp3) is 0. The first-order valence-corrected chi connectivity index (χ1v) is 2.81. The maximum atomic E-state index is 5.43. The highest BCUT2D eigenvalue weighted by molar-refractivity contribution is 6.36. The van der Waals surface area contributed by atoms with Crippen LogP contribution < -0.4 is 22.7 Å². The van der Waals surface area contributed by atoms with Gasteiger partial charge in [0.25, 0.3) is 0 Å². The lowest BCUT2D eigenvalue weighted by Gasteiger charge is -2.04. The Morgan fingerprint density at radius 1 is 0.900 bits per heavy atom. The van der Waals surface area contributed by atoms with Crippen LogP contribution in [0.5, 0.6) is 0 Å². The van der Waals surface area contributed by atoms with Crippen molar-refractivity contribution in [1.82, 2.24) is 0 Å². The molecule has 0 aromatic heterocycles. The lowest BCUT2D eigenvalue weighted by Crippen LogP contribution is -2.11. The van der Waals surface area contributed by atoms with E-state index < -0.39 is 0 Å². The third-order valence-corrected chi connectivity index (χ3v) is 1.29. The third-order valence-electron chi connectivity index (χ3n) is 1.29. The van der Waals surface area contributed by atoms with Crippen molar-refractivity contribution in [2.24, 2.45) is 0 Å². The van der Waals surface area contributed by atoms with E-state index in [0.717, 1.165) is 0 Å². The van der Waals surface area contributed by atoms with Crippen molar-refractivity contribution in [3.05, 3.63) is 12.1 Å². The summed E-state index contributed by atoms with van der Waals surface area (Å²) in [6.45, 7) is 0. The van der Waals surface area contributed by atoms with Crippen molar-refractivity contribution < 1.29 is 0 Å². The Balaban J connectivity index is 3.28. The molecule has 0 saturated heterocycles. The fourth-order valence-electron chi connectivity index (χ4n) is 0.668. The number of rotatable bonds is 0. The minimum atomic E-state index is 0.465. The van der Waals surface area contributed by atoms with Crippen LogP contribution in [0.2, 0.25) is 0 Å². The molecule has 2 radical (unpaired) electrons. The Labute approximate surface area is 60.6 Å². The molecule has 0 aliphatic rings. The number of hydrogen-bond acceptors (Lipinski definition) is 3. The summed E-state index contributed by atoms with van der Waals surface area (Å²) in [6, 6.07) is 3.09. The summed E-state index contributed by atoms with van der Waals surface area (Å²) in [5.74, 6) is 0. The van der Waals surface area contributed by atoms with Gasteiger partial charge < -0.3 is 17.2 Å². The zero-order chi connectivity index (χ0) is 7.72. The van der Waals surface area contributed by atoms with Crippen molar-refractivity contribution in [3.8, 4) is 0 Å². The zero-order valence-electron chi connectivity index (χ0n) is 5.46. The summed E-state index contributed by atoms with van der Waals surface area (Å²) in [6.07, 6.45) is 0. The van der Waals surface area contributed by atoms with E-state index in [-0.39, 0.29) is 0 Å². The van der Waals surface area contributed by atoms with Crippen molar-refractivity contribution in [1.29, 1.82) is 0 Å². The Bertz CT molecular complexity index is 209. The van der Waals surface area contributed by atoms with Gasteiger partial charge in [-0.05, 0) is 12.1 Å². The van der Waals surface area contributed by atoms with Gasteiger partial charge in [0.05, 0.1) is 11.4 Å². The van der Waals surface area contributed by atoms with Gasteiger partial charge in [-0.15, -0.1) is 0 Å². The van der Waals surface area contributed by atoms with Crippen LogP contribution in [0.15, 0.2) is 12.1 Å². The summed E-state index contributed by atoms with van der Waals surface area (Å²) >= 11 is 0. The molecule has 0 bridgehead atoms. The van der Waals surface area contributed by atoms with Gasteiger partial charge in [-0.2, -0.15) is 0 Å². The molecule has 50 valence electrons. The number of benzene rings is 1. The summed E-state index contributed by atoms with van der Waals surface area (Å²) < 4.78 is 0. The molecule has 3 nitrogen and oxygen atoms in total. The minimum absolute atomic E-state index is 0.465. The molecule has 0 aliphatic carbocycles. The quantitative estimate of drug-likeness (QED) is 0.321. The van der Waals surface area contributed by atoms with E-state index in [9.17, 15) is 0 Å². The van der Waals surface area contributed by atoms with Gasteiger partial charge in [0.15, 0.2) is 0 Å². The van der Waals surface area contributed by atoms with Gasteiger partial charge in [0.2, 0.25) is 0 Å². The molecule has 0 heterocycles. The second-order valence-corrected chi connectivity index (χ2v) is 2.11. The van der Waals surface area contributed by atoms with Crippen LogP contribution in [0.1, 0.15) is 0 Å². The van der Waals surface area contributed by atoms with Crippen molar-refractivity contribution in [2.45, 2.75) is 0 Å². The second kappa shape index (κ2) is 2.13. The van der Waals surface area contributed by atoms with Crippen molar-refractivity contribution in [2.75, 3.05) is 17.2 Å². The molecule has 0 fully saturated rings. The summed E-state index contributed by atoms with van der Waals surface area (Å²) in [5.41, 5.74) is 18.1. The molecule has 0 atom stereocenters. The monoisotopic (exact) mass is 133 g/mol. The molecule has 0 saturated carbocycles. The highest BCUT2D eigenvalue weighted by Gasteiger charge is 1.96. The van der Waals surface area contributed by atoms with E-state index in [1.165, 1.54) is 0 Å². The highest BCUT2D eigenvalue weighted by Crippen LogP contribution is 2.14. The lowest BCUT2D eigenvalue weighted by atomic mass is 9.93. The molecule has 0 amide bonds. The van der Waals surface area contributed by atoms with Crippen LogP contribution in [0, 0.1) is 0 Å². The standard InChI is InChI=1S/C6H8BN3/c7-3-1-5(9)6(10)2-4(3)8/h1-2H,8-10H2. The van der Waals surface area contributed by atoms with Crippen LogP contribution in [0.3, 0.4) is 0 Å². The van der Waals surface area contributed by atoms with Gasteiger partial charge in [-0.25, -0.2) is 0 Å². The summed E-state index contributed by atoms with van der Waals surface area (Å²) in [5, 5.41) is 0. The van der Waals surface area contributed by atoms with Crippen LogP contribution in [0.4, 0.5) is 17.1 Å². The van der Waals surface area contributed by atoms with Crippen LogP contribution in [0.25, 0.3) is 0 Å². The molecule has 6 N–H and O–H groups in total. The minimum Gasteiger partial charge on any atom is -0.399 e. The molecule has 1 aromatic rings. The topological polar surface area (TPSA) is 78.1 Å². The van der Waals surface area contributed by atoms with Gasteiger partial charge in [-0.3, -0.25) is 0 Å². The van der Waals surface area contributed by atoms with E-state index >= 15 is 0 Å². The number of anilines is 3. The Kier molecular flexibility index (Phi) is 1.45. The van der Waals surface area contributed by atoms with Crippen molar-refractivity contribution >= 4 is 30.4 Å². The van der Waals surface area contributed by atoms with Crippen LogP contribution in [-0.4, -0.2) is 7.85 Å². The molecule has 10 heavy (non-hydrogen) atoms. The first-order valence-electron chi connectivity index (χ1n) is 2.81. The predicted molar refractivity (Wildman–Crippen MR) is 45.1 cm³/mol. The Hall–Kier alpha value is -1.32. The molecule has 0 aliphatic heterocycles. The summed E-state index contributed by atoms with van der Waals surface area (Å²) in [7, 11) is 5.43. The average molecular weight is 133 g/mol. The molecule has 4 heteroatoms. The van der Waals surface area contributed by atoms with E-state index in [1.807, 2.05) is 0 Å². The number of hydrogen-bond donors (Lipinski definition) is 3. The second-order valence-electron chi connectivity index (χ2n) is 2.11. The van der Waals surface area contributed by atoms with Gasteiger partial charge >= 0.3 is 0 Å². The van der Waals surface area contributed by atoms with E-state index in [2.05, 4.69) is 0 Å². The summed E-state index contributed by atoms with van der Waals surface area (Å²) in [4.78, 5) is 0. The van der Waals surface area contributed by atoms with Crippen molar-refractivity contribution in [3.63, 3.8) is 0 Å². The SMILES string of the molecule is [B]c1cc(N)c(N)cc1N. The van der Waals surface area contributed by atoms with E-state index in [1.54, 1.807) is 12.1 Å². The molecule has 1 aromatic carbocycles. The molecular weight excluding hydrogens is 125 g/mol. The van der Waals surface area contributed by atoms with Gasteiger partial charge in [0, 0.05) is 5.69 Å². The Morgan fingerprint density at radius 3 is 1.90 bits per heavy atom. The lowest BCUT2D eigenvalue weighted by molar-refractivity contribution is 1.69. The Morgan fingerprint density at radius 2 is 1.40 bits per heavy atom. The zero-order valence-corrected chi connectivity index (χ0v) is 5.46. The van der Waals surface area contributed by atoms with E-state index in [0.29, 0.717) is 22.5 Å².